The number of halogens is 1. The molecule has 0 atom stereocenters. The van der Waals surface area contributed by atoms with Gasteiger partial charge in [-0.2, -0.15) is 4.99 Å². The van der Waals surface area contributed by atoms with Gasteiger partial charge in [0.15, 0.2) is 5.96 Å². The Kier molecular flexibility index (Phi) is 6.03. The molecule has 0 amide bonds. The second-order valence-corrected chi connectivity index (χ2v) is 3.32. The highest BCUT2D eigenvalue weighted by atomic mass is 35.5. The first-order valence-electron chi connectivity index (χ1n) is 4.61. The first-order valence-corrected chi connectivity index (χ1v) is 4.61. The molecule has 6 heteroatoms. The van der Waals surface area contributed by atoms with Gasteiger partial charge < -0.3 is 29.6 Å². The van der Waals surface area contributed by atoms with Crippen LogP contribution in [0, 0.1) is 0 Å². The molecule has 1 saturated carbocycles. The smallest absolute Gasteiger partial charge is 0.218 e. The minimum atomic E-state index is -0.0305. The lowest BCUT2D eigenvalue weighted by molar-refractivity contribution is -0.00000342. The normalized spacial score (nSPS) is 18.4. The third-order valence-corrected chi connectivity index (χ3v) is 2.13. The molecule has 0 aromatic rings. The summed E-state index contributed by atoms with van der Waals surface area (Å²) in [5.74, 6) is 0.170. The van der Waals surface area contributed by atoms with Crippen molar-refractivity contribution in [3.63, 3.8) is 0 Å². The van der Waals surface area contributed by atoms with Gasteiger partial charge in [-0.05, 0) is 12.8 Å². The van der Waals surface area contributed by atoms with Crippen molar-refractivity contribution in [1.82, 2.24) is 0 Å². The summed E-state index contributed by atoms with van der Waals surface area (Å²) in [5.41, 5.74) is 15.8. The molecular weight excluding hydrogens is 202 g/mol. The van der Waals surface area contributed by atoms with Crippen LogP contribution >= 0.6 is 0 Å². The molecule has 14 heavy (non-hydrogen) atoms. The second kappa shape index (κ2) is 6.48. The molecule has 6 N–H and O–H groups in total. The predicted molar refractivity (Wildman–Crippen MR) is 54.3 cm³/mol. The van der Waals surface area contributed by atoms with Crippen LogP contribution < -0.4 is 29.6 Å². The zero-order chi connectivity index (χ0) is 9.68. The van der Waals surface area contributed by atoms with Crippen LogP contribution in [0.15, 0.2) is 9.98 Å². The van der Waals surface area contributed by atoms with E-state index in [0.717, 1.165) is 12.8 Å². The molecule has 82 valence electrons. The minimum Gasteiger partial charge on any atom is -1.00 e. The maximum atomic E-state index is 5.51. The standard InChI is InChI=1S/C8H17N5.ClH/c9-7(10)13-8(11)12-6-4-2-1-3-5-6;/h6H,1-5H2,(H6,9,10,11,12,13);1H/p-1. The summed E-state index contributed by atoms with van der Waals surface area (Å²) >= 11 is 0. The first kappa shape index (κ1) is 13.0. The highest BCUT2D eigenvalue weighted by Gasteiger charge is 2.11. The average Bonchev–Trinajstić information content (AvgIpc) is 2.04. The van der Waals surface area contributed by atoms with Crippen LogP contribution in [0.2, 0.25) is 0 Å². The molecule has 0 aromatic carbocycles. The SMILES string of the molecule is NC(N)=NC(N)=NC1CCCCC1.[Cl-]. The number of guanidine groups is 2. The Labute approximate surface area is 90.3 Å². The van der Waals surface area contributed by atoms with Gasteiger partial charge in [-0.15, -0.1) is 0 Å². The number of aliphatic imine (C=N–C) groups is 2. The fourth-order valence-electron chi connectivity index (χ4n) is 1.56. The van der Waals surface area contributed by atoms with Gasteiger partial charge in [-0.3, -0.25) is 0 Å². The van der Waals surface area contributed by atoms with Gasteiger partial charge in [0.1, 0.15) is 0 Å². The molecule has 0 saturated heterocycles. The van der Waals surface area contributed by atoms with E-state index in [1.807, 2.05) is 0 Å². The van der Waals surface area contributed by atoms with Crippen molar-refractivity contribution in [3.05, 3.63) is 0 Å². The fourth-order valence-corrected chi connectivity index (χ4v) is 1.56. The van der Waals surface area contributed by atoms with E-state index in [9.17, 15) is 0 Å². The summed E-state index contributed by atoms with van der Waals surface area (Å²) < 4.78 is 0. The van der Waals surface area contributed by atoms with Gasteiger partial charge in [0.05, 0.1) is 6.04 Å². The molecule has 0 heterocycles. The van der Waals surface area contributed by atoms with Crippen LogP contribution in [-0.4, -0.2) is 18.0 Å². The second-order valence-electron chi connectivity index (χ2n) is 3.32. The number of rotatable bonds is 1. The topological polar surface area (TPSA) is 103 Å². The van der Waals surface area contributed by atoms with E-state index in [1.165, 1.54) is 19.3 Å². The van der Waals surface area contributed by atoms with Gasteiger partial charge in [0.25, 0.3) is 0 Å². The third kappa shape index (κ3) is 4.91. The van der Waals surface area contributed by atoms with Crippen molar-refractivity contribution in [1.29, 1.82) is 0 Å². The highest BCUT2D eigenvalue weighted by Crippen LogP contribution is 2.19. The number of hydrogen-bond acceptors (Lipinski definition) is 1. The summed E-state index contributed by atoms with van der Waals surface area (Å²) in [6.45, 7) is 0. The Morgan fingerprint density at radius 3 is 2.07 bits per heavy atom. The molecule has 1 aliphatic carbocycles. The molecular formula is C8H17ClN5-. The van der Waals surface area contributed by atoms with E-state index < -0.39 is 0 Å². The van der Waals surface area contributed by atoms with Gasteiger partial charge in [-0.1, -0.05) is 19.3 Å². The quantitative estimate of drug-likeness (QED) is 0.321. The average molecular weight is 219 g/mol. The summed E-state index contributed by atoms with van der Waals surface area (Å²) in [4.78, 5) is 7.89. The van der Waals surface area contributed by atoms with Crippen LogP contribution in [-0.2, 0) is 0 Å². The summed E-state index contributed by atoms with van der Waals surface area (Å²) in [7, 11) is 0. The Bertz CT molecular complexity index is 216. The van der Waals surface area contributed by atoms with Crippen LogP contribution in [0.25, 0.3) is 0 Å². The molecule has 1 aliphatic rings. The Balaban J connectivity index is 0.00000169. The van der Waals surface area contributed by atoms with Crippen LogP contribution in [0.1, 0.15) is 32.1 Å². The van der Waals surface area contributed by atoms with Crippen LogP contribution in [0.5, 0.6) is 0 Å². The molecule has 0 aromatic heterocycles. The van der Waals surface area contributed by atoms with Crippen molar-refractivity contribution in [2.24, 2.45) is 27.2 Å². The fraction of sp³-hybridized carbons (Fsp3) is 0.750. The van der Waals surface area contributed by atoms with Crippen molar-refractivity contribution < 1.29 is 12.4 Å². The van der Waals surface area contributed by atoms with Crippen LogP contribution in [0.4, 0.5) is 0 Å². The lowest BCUT2D eigenvalue weighted by atomic mass is 9.96. The Morgan fingerprint density at radius 1 is 1.00 bits per heavy atom. The molecule has 0 aliphatic heterocycles. The van der Waals surface area contributed by atoms with E-state index in [0.29, 0.717) is 6.04 Å². The van der Waals surface area contributed by atoms with Gasteiger partial charge >= 0.3 is 0 Å². The first-order chi connectivity index (χ1) is 6.18. The van der Waals surface area contributed by atoms with Crippen molar-refractivity contribution >= 4 is 11.9 Å². The molecule has 5 nitrogen and oxygen atoms in total. The summed E-state index contributed by atoms with van der Waals surface area (Å²) in [6.07, 6.45) is 5.95. The minimum absolute atomic E-state index is 0. The zero-order valence-electron chi connectivity index (χ0n) is 8.12. The van der Waals surface area contributed by atoms with E-state index in [2.05, 4.69) is 9.98 Å². The molecule has 0 spiro atoms. The van der Waals surface area contributed by atoms with Gasteiger partial charge in [0.2, 0.25) is 5.96 Å². The largest absolute Gasteiger partial charge is 1.00 e. The molecule has 0 bridgehead atoms. The van der Waals surface area contributed by atoms with E-state index in [-0.39, 0.29) is 24.3 Å². The molecule has 0 radical (unpaired) electrons. The lowest BCUT2D eigenvalue weighted by Crippen LogP contribution is -3.00. The van der Waals surface area contributed by atoms with Crippen LogP contribution in [0.3, 0.4) is 0 Å². The van der Waals surface area contributed by atoms with Crippen molar-refractivity contribution in [3.8, 4) is 0 Å². The number of hydrogen-bond donors (Lipinski definition) is 3. The monoisotopic (exact) mass is 218 g/mol. The maximum Gasteiger partial charge on any atom is 0.218 e. The maximum absolute atomic E-state index is 5.51. The third-order valence-electron chi connectivity index (χ3n) is 2.13. The van der Waals surface area contributed by atoms with E-state index in [1.54, 1.807) is 0 Å². The zero-order valence-corrected chi connectivity index (χ0v) is 8.87. The summed E-state index contributed by atoms with van der Waals surface area (Å²) in [6, 6.07) is 0.317. The van der Waals surface area contributed by atoms with E-state index in [4.69, 9.17) is 17.2 Å². The van der Waals surface area contributed by atoms with E-state index >= 15 is 0 Å². The molecule has 1 rings (SSSR count). The van der Waals surface area contributed by atoms with Crippen molar-refractivity contribution in [2.75, 3.05) is 0 Å². The Hall–Kier alpha value is -0.970. The molecule has 1 fully saturated rings. The highest BCUT2D eigenvalue weighted by molar-refractivity contribution is 5.92. The Morgan fingerprint density at radius 2 is 1.57 bits per heavy atom. The van der Waals surface area contributed by atoms with Gasteiger partial charge in [-0.25, -0.2) is 4.99 Å². The number of nitrogens with two attached hydrogens (primary N) is 3. The molecule has 0 unspecified atom stereocenters. The lowest BCUT2D eigenvalue weighted by Gasteiger charge is -2.17. The number of nitrogens with zero attached hydrogens (tertiary/aromatic N) is 2. The van der Waals surface area contributed by atoms with Crippen molar-refractivity contribution in [2.45, 2.75) is 38.1 Å². The predicted octanol–water partition coefficient (Wildman–Crippen LogP) is -3.09. The van der Waals surface area contributed by atoms with Gasteiger partial charge in [0, 0.05) is 0 Å². The summed E-state index contributed by atoms with van der Waals surface area (Å²) in [5, 5.41) is 0.